The lowest BCUT2D eigenvalue weighted by Crippen LogP contribution is -2.15. The molecule has 0 N–H and O–H groups in total. The maximum Gasteiger partial charge on any atom is 0.143 e. The number of benzene rings is 1. The summed E-state index contributed by atoms with van der Waals surface area (Å²) < 4.78 is 27.4. The third kappa shape index (κ3) is 3.17. The molecule has 1 aromatic rings. The fraction of sp³-hybridized carbons (Fsp3) is 0.500. The van der Waals surface area contributed by atoms with Crippen molar-refractivity contribution in [1.29, 1.82) is 0 Å². The molecule has 1 aromatic carbocycles. The molecule has 0 aliphatic rings. The van der Waals surface area contributed by atoms with Crippen molar-refractivity contribution in [1.82, 2.24) is 0 Å². The Labute approximate surface area is 108 Å². The molecule has 0 spiro atoms. The molecule has 16 heavy (non-hydrogen) atoms. The highest BCUT2D eigenvalue weighted by Gasteiger charge is 2.19. The van der Waals surface area contributed by atoms with E-state index in [1.54, 1.807) is 0 Å². The average molecular weight is 312 g/mol. The molecule has 2 unspecified atom stereocenters. The monoisotopic (exact) mass is 310 g/mol. The third-order valence-electron chi connectivity index (χ3n) is 2.67. The molecule has 0 aliphatic heterocycles. The van der Waals surface area contributed by atoms with Crippen molar-refractivity contribution in [3.05, 3.63) is 33.8 Å². The number of hydrogen-bond acceptors (Lipinski definition) is 0. The number of rotatable bonds is 4. The van der Waals surface area contributed by atoms with Gasteiger partial charge in [-0.25, -0.2) is 8.78 Å². The van der Waals surface area contributed by atoms with Gasteiger partial charge in [0.05, 0.1) is 4.47 Å². The van der Waals surface area contributed by atoms with E-state index in [9.17, 15) is 8.78 Å². The van der Waals surface area contributed by atoms with Crippen LogP contribution in [0.4, 0.5) is 8.78 Å². The minimum atomic E-state index is -0.521. The van der Waals surface area contributed by atoms with Gasteiger partial charge < -0.3 is 0 Å². The second-order valence-corrected chi connectivity index (χ2v) is 5.34. The Kier molecular flexibility index (Phi) is 5.19. The Bertz CT molecular complexity index is 368. The van der Waals surface area contributed by atoms with Crippen LogP contribution in [0.5, 0.6) is 0 Å². The van der Waals surface area contributed by atoms with Crippen LogP contribution in [-0.2, 0) is 6.42 Å². The predicted molar refractivity (Wildman–Crippen MR) is 66.9 cm³/mol. The molecule has 0 radical (unpaired) electrons. The highest BCUT2D eigenvalue weighted by molar-refractivity contribution is 9.10. The van der Waals surface area contributed by atoms with Crippen molar-refractivity contribution < 1.29 is 8.78 Å². The summed E-state index contributed by atoms with van der Waals surface area (Å²) in [4.78, 5) is 0. The molecule has 0 nitrogen and oxygen atoms in total. The van der Waals surface area contributed by atoms with Crippen LogP contribution in [0.15, 0.2) is 16.6 Å². The SMILES string of the molecule is CCC(Cl)C(C)Cc1c(F)ccc(Br)c1F. The van der Waals surface area contributed by atoms with Crippen LogP contribution in [0.3, 0.4) is 0 Å². The van der Waals surface area contributed by atoms with Gasteiger partial charge in [0.15, 0.2) is 0 Å². The van der Waals surface area contributed by atoms with Crippen molar-refractivity contribution in [2.24, 2.45) is 5.92 Å². The molecular weight excluding hydrogens is 297 g/mol. The van der Waals surface area contributed by atoms with E-state index in [0.29, 0.717) is 10.9 Å². The first-order chi connectivity index (χ1) is 7.47. The number of halogens is 4. The normalized spacial score (nSPS) is 14.9. The Hall–Kier alpha value is -0.150. The summed E-state index contributed by atoms with van der Waals surface area (Å²) in [5.41, 5.74) is 0.112. The summed E-state index contributed by atoms with van der Waals surface area (Å²) in [6, 6.07) is 2.64. The van der Waals surface area contributed by atoms with Crippen molar-refractivity contribution in [3.8, 4) is 0 Å². The van der Waals surface area contributed by atoms with Crippen LogP contribution in [0.2, 0.25) is 0 Å². The van der Waals surface area contributed by atoms with Crippen LogP contribution in [0, 0.1) is 17.6 Å². The summed E-state index contributed by atoms with van der Waals surface area (Å²) in [6.07, 6.45) is 1.11. The summed E-state index contributed by atoms with van der Waals surface area (Å²) >= 11 is 9.10. The summed E-state index contributed by atoms with van der Waals surface area (Å²) in [5.74, 6) is -0.982. The largest absolute Gasteiger partial charge is 0.207 e. The molecule has 0 saturated carbocycles. The summed E-state index contributed by atoms with van der Waals surface area (Å²) in [6.45, 7) is 3.86. The zero-order valence-corrected chi connectivity index (χ0v) is 11.6. The Morgan fingerprint density at radius 3 is 2.56 bits per heavy atom. The Balaban J connectivity index is 2.92. The lowest BCUT2D eigenvalue weighted by Gasteiger charge is -2.17. The van der Waals surface area contributed by atoms with Gasteiger partial charge in [0.25, 0.3) is 0 Å². The van der Waals surface area contributed by atoms with Gasteiger partial charge in [0, 0.05) is 10.9 Å². The van der Waals surface area contributed by atoms with Crippen molar-refractivity contribution in [2.75, 3.05) is 0 Å². The zero-order chi connectivity index (χ0) is 12.3. The van der Waals surface area contributed by atoms with Crippen LogP contribution in [0.1, 0.15) is 25.8 Å². The summed E-state index contributed by atoms with van der Waals surface area (Å²) in [5, 5.41) is -0.0576. The Morgan fingerprint density at radius 2 is 2.00 bits per heavy atom. The van der Waals surface area contributed by atoms with E-state index in [4.69, 9.17) is 11.6 Å². The maximum atomic E-state index is 13.7. The lowest BCUT2D eigenvalue weighted by molar-refractivity contribution is 0.484. The molecule has 1 rings (SSSR count). The van der Waals surface area contributed by atoms with E-state index in [2.05, 4.69) is 15.9 Å². The molecule has 0 saturated heterocycles. The van der Waals surface area contributed by atoms with Gasteiger partial charge in [-0.15, -0.1) is 11.6 Å². The predicted octanol–water partition coefficient (Wildman–Crippen LogP) is 4.92. The van der Waals surface area contributed by atoms with Crippen molar-refractivity contribution >= 4 is 27.5 Å². The van der Waals surface area contributed by atoms with Gasteiger partial charge in [-0.1, -0.05) is 13.8 Å². The van der Waals surface area contributed by atoms with E-state index in [1.165, 1.54) is 12.1 Å². The van der Waals surface area contributed by atoms with Crippen LogP contribution < -0.4 is 0 Å². The number of alkyl halides is 1. The minimum absolute atomic E-state index is 0.0463. The van der Waals surface area contributed by atoms with E-state index in [0.717, 1.165) is 6.42 Å². The highest BCUT2D eigenvalue weighted by atomic mass is 79.9. The smallest absolute Gasteiger partial charge is 0.143 e. The van der Waals surface area contributed by atoms with E-state index in [1.807, 2.05) is 13.8 Å². The quantitative estimate of drug-likeness (QED) is 0.547. The first-order valence-electron chi connectivity index (χ1n) is 5.23. The summed E-state index contributed by atoms with van der Waals surface area (Å²) in [7, 11) is 0. The van der Waals surface area contributed by atoms with Gasteiger partial charge in [-0.3, -0.25) is 0 Å². The van der Waals surface area contributed by atoms with Crippen LogP contribution >= 0.6 is 27.5 Å². The second kappa shape index (κ2) is 5.97. The van der Waals surface area contributed by atoms with Gasteiger partial charge >= 0.3 is 0 Å². The molecule has 90 valence electrons. The molecule has 0 aromatic heterocycles. The van der Waals surface area contributed by atoms with Crippen molar-refractivity contribution in [2.45, 2.75) is 32.1 Å². The molecule has 0 fully saturated rings. The molecule has 0 aliphatic carbocycles. The first kappa shape index (κ1) is 13.9. The van der Waals surface area contributed by atoms with E-state index < -0.39 is 11.6 Å². The van der Waals surface area contributed by atoms with Crippen LogP contribution in [0.25, 0.3) is 0 Å². The third-order valence-corrected chi connectivity index (χ3v) is 4.02. The fourth-order valence-corrected chi connectivity index (χ4v) is 2.07. The molecule has 2 atom stereocenters. The first-order valence-corrected chi connectivity index (χ1v) is 6.46. The Morgan fingerprint density at radius 1 is 1.38 bits per heavy atom. The molecule has 0 amide bonds. The number of hydrogen-bond donors (Lipinski definition) is 0. The van der Waals surface area contributed by atoms with Gasteiger partial charge in [0.2, 0.25) is 0 Å². The second-order valence-electron chi connectivity index (χ2n) is 3.93. The highest BCUT2D eigenvalue weighted by Crippen LogP contribution is 2.26. The molecule has 4 heteroatoms. The fourth-order valence-electron chi connectivity index (χ4n) is 1.61. The standard InChI is InChI=1S/C12H14BrClF2/c1-3-10(14)7(2)6-8-11(15)5-4-9(13)12(8)16/h4-5,7,10H,3,6H2,1-2H3. The van der Waals surface area contributed by atoms with E-state index in [-0.39, 0.29) is 16.9 Å². The van der Waals surface area contributed by atoms with E-state index >= 15 is 0 Å². The van der Waals surface area contributed by atoms with Gasteiger partial charge in [-0.05, 0) is 46.8 Å². The van der Waals surface area contributed by atoms with Gasteiger partial charge in [-0.2, -0.15) is 0 Å². The average Bonchev–Trinajstić information content (AvgIpc) is 2.28. The van der Waals surface area contributed by atoms with Gasteiger partial charge in [0.1, 0.15) is 11.6 Å². The molecular formula is C12H14BrClF2. The lowest BCUT2D eigenvalue weighted by atomic mass is 9.96. The maximum absolute atomic E-state index is 13.7. The minimum Gasteiger partial charge on any atom is -0.207 e. The molecule has 0 heterocycles. The topological polar surface area (TPSA) is 0 Å². The van der Waals surface area contributed by atoms with Crippen LogP contribution in [-0.4, -0.2) is 5.38 Å². The van der Waals surface area contributed by atoms with Crippen molar-refractivity contribution in [3.63, 3.8) is 0 Å². The zero-order valence-electron chi connectivity index (χ0n) is 9.24. The molecule has 0 bridgehead atoms.